The van der Waals surface area contributed by atoms with Crippen molar-refractivity contribution in [1.29, 1.82) is 0 Å². The number of ether oxygens (including phenoxy) is 1. The van der Waals surface area contributed by atoms with Gasteiger partial charge in [0, 0.05) is 13.3 Å². The summed E-state index contributed by atoms with van der Waals surface area (Å²) < 4.78 is 24.4. The molecule has 0 saturated carbocycles. The van der Waals surface area contributed by atoms with Gasteiger partial charge in [0.15, 0.2) is 0 Å². The van der Waals surface area contributed by atoms with Gasteiger partial charge in [-0.3, -0.25) is 23.8 Å². The summed E-state index contributed by atoms with van der Waals surface area (Å²) in [7, 11) is -2.25. The van der Waals surface area contributed by atoms with E-state index in [4.69, 9.17) is 9.26 Å². The van der Waals surface area contributed by atoms with Crippen LogP contribution in [0.25, 0.3) is 0 Å². The molecule has 32 heavy (non-hydrogen) atoms. The van der Waals surface area contributed by atoms with Gasteiger partial charge in [0.25, 0.3) is 11.8 Å². The van der Waals surface area contributed by atoms with Crippen LogP contribution in [0.3, 0.4) is 0 Å². The number of imide groups is 1. The van der Waals surface area contributed by atoms with E-state index in [2.05, 4.69) is 0 Å². The Kier molecular flexibility index (Phi) is 7.64. The molecule has 1 aliphatic heterocycles. The molecule has 2 atom stereocenters. The fourth-order valence-corrected chi connectivity index (χ4v) is 5.81. The molecule has 0 aromatic heterocycles. The number of carbonyl (C=O) groups is 3. The van der Waals surface area contributed by atoms with Gasteiger partial charge in [-0.1, -0.05) is 56.3 Å². The summed E-state index contributed by atoms with van der Waals surface area (Å²) >= 11 is 0. The molecular weight excluding hydrogens is 429 g/mol. The summed E-state index contributed by atoms with van der Waals surface area (Å²) in [6.45, 7) is 4.03. The summed E-state index contributed by atoms with van der Waals surface area (Å²) in [6, 6.07) is 15.8. The second kappa shape index (κ2) is 10.2. The van der Waals surface area contributed by atoms with Crippen molar-refractivity contribution < 1.29 is 28.2 Å². The fourth-order valence-electron chi connectivity index (χ4n) is 3.77. The molecule has 2 aromatic rings. The average Bonchev–Trinajstić information content (AvgIpc) is 3.02. The highest BCUT2D eigenvalue weighted by molar-refractivity contribution is 7.59. The lowest BCUT2D eigenvalue weighted by atomic mass is 9.99. The van der Waals surface area contributed by atoms with Crippen molar-refractivity contribution in [3.63, 3.8) is 0 Å². The number of amides is 2. The average molecular weight is 457 g/mol. The van der Waals surface area contributed by atoms with Crippen LogP contribution in [0.1, 0.15) is 46.5 Å². The molecule has 1 heterocycles. The summed E-state index contributed by atoms with van der Waals surface area (Å²) in [6.07, 6.45) is -0.0395. The zero-order chi connectivity index (χ0) is 23.3. The van der Waals surface area contributed by atoms with Crippen molar-refractivity contribution in [1.82, 2.24) is 4.90 Å². The Morgan fingerprint density at radius 3 is 2.06 bits per heavy atom. The summed E-state index contributed by atoms with van der Waals surface area (Å²) in [5, 5.41) is 0. The molecule has 0 spiro atoms. The first-order chi connectivity index (χ1) is 15.2. The number of hydrogen-bond donors (Lipinski definition) is 0. The van der Waals surface area contributed by atoms with Crippen LogP contribution in [0.2, 0.25) is 0 Å². The highest BCUT2D eigenvalue weighted by atomic mass is 31.2. The van der Waals surface area contributed by atoms with Crippen LogP contribution in [0.4, 0.5) is 0 Å². The minimum Gasteiger partial charge on any atom is -0.461 e. The van der Waals surface area contributed by atoms with Crippen molar-refractivity contribution in [3.05, 3.63) is 71.3 Å². The fraction of sp³-hybridized carbons (Fsp3) is 0.375. The summed E-state index contributed by atoms with van der Waals surface area (Å²) in [5.74, 6) is -2.01. The van der Waals surface area contributed by atoms with Crippen LogP contribution in [0.5, 0.6) is 0 Å². The second-order valence-corrected chi connectivity index (χ2v) is 11.0. The minimum absolute atomic E-state index is 0.108. The molecule has 170 valence electrons. The van der Waals surface area contributed by atoms with Crippen molar-refractivity contribution in [3.8, 4) is 0 Å². The van der Waals surface area contributed by atoms with Crippen molar-refractivity contribution in [2.24, 2.45) is 11.8 Å². The van der Waals surface area contributed by atoms with E-state index < -0.39 is 31.1 Å². The largest absolute Gasteiger partial charge is 0.461 e. The van der Waals surface area contributed by atoms with E-state index in [-0.39, 0.29) is 36.1 Å². The maximum atomic E-state index is 13.6. The maximum Gasteiger partial charge on any atom is 0.309 e. The zero-order valence-corrected chi connectivity index (χ0v) is 19.4. The molecule has 8 heteroatoms. The molecule has 1 aliphatic rings. The first kappa shape index (κ1) is 23.9. The van der Waals surface area contributed by atoms with Crippen LogP contribution in [0, 0.1) is 11.8 Å². The molecule has 0 fully saturated rings. The van der Waals surface area contributed by atoms with E-state index >= 15 is 0 Å². The Morgan fingerprint density at radius 2 is 1.53 bits per heavy atom. The van der Waals surface area contributed by atoms with Gasteiger partial charge in [-0.25, -0.2) is 0 Å². The molecule has 0 N–H and O–H groups in total. The quantitative estimate of drug-likeness (QED) is 0.295. The molecule has 0 bridgehead atoms. The Balaban J connectivity index is 1.73. The maximum absolute atomic E-state index is 13.6. The molecule has 1 unspecified atom stereocenters. The third-order valence-corrected chi connectivity index (χ3v) is 7.76. The monoisotopic (exact) mass is 457 g/mol. The Hall–Kier alpha value is -2.76. The molecule has 0 radical (unpaired) electrons. The lowest BCUT2D eigenvalue weighted by Crippen LogP contribution is -2.33. The van der Waals surface area contributed by atoms with Crippen molar-refractivity contribution in [2.75, 3.05) is 19.6 Å². The van der Waals surface area contributed by atoms with Crippen molar-refractivity contribution in [2.45, 2.75) is 26.9 Å². The highest BCUT2D eigenvalue weighted by Gasteiger charge is 2.41. The SMILES string of the molecule is COP(=O)(C[C@@H](CC(C)C)C(=O)OCc1ccccc1)CN1C(=O)c2ccccc2C1=O. The van der Waals surface area contributed by atoms with Gasteiger partial charge < -0.3 is 9.26 Å². The topological polar surface area (TPSA) is 90.0 Å². The molecule has 2 amide bonds. The zero-order valence-electron chi connectivity index (χ0n) is 18.5. The summed E-state index contributed by atoms with van der Waals surface area (Å²) in [4.78, 5) is 39.2. The third-order valence-electron chi connectivity index (χ3n) is 5.38. The van der Waals surface area contributed by atoms with Crippen LogP contribution < -0.4 is 0 Å². The number of carbonyl (C=O) groups excluding carboxylic acids is 3. The first-order valence-electron chi connectivity index (χ1n) is 10.5. The van der Waals surface area contributed by atoms with E-state index in [1.54, 1.807) is 24.3 Å². The minimum atomic E-state index is -3.53. The number of fused-ring (bicyclic) bond motifs is 1. The molecule has 3 rings (SSSR count). The standard InChI is InChI=1S/C24H28NO6P/c1-17(2)13-19(24(28)31-14-18-9-5-4-6-10-18)15-32(29,30-3)16-25-22(26)20-11-7-8-12-21(20)23(25)27/h4-12,17,19H,13-16H2,1-3H3/t19-,32?/m1/s1. The van der Waals surface area contributed by atoms with Crippen LogP contribution >= 0.6 is 7.37 Å². The van der Waals surface area contributed by atoms with Gasteiger partial charge in [-0.2, -0.15) is 0 Å². The van der Waals surface area contributed by atoms with Crippen molar-refractivity contribution >= 4 is 25.2 Å². The Labute approximate surface area is 188 Å². The van der Waals surface area contributed by atoms with Crippen LogP contribution in [-0.4, -0.2) is 42.2 Å². The predicted octanol–water partition coefficient (Wildman–Crippen LogP) is 4.57. The smallest absolute Gasteiger partial charge is 0.309 e. The third kappa shape index (κ3) is 5.53. The van der Waals surface area contributed by atoms with E-state index in [0.29, 0.717) is 6.42 Å². The van der Waals surface area contributed by atoms with Gasteiger partial charge in [-0.15, -0.1) is 0 Å². The highest BCUT2D eigenvalue weighted by Crippen LogP contribution is 2.50. The lowest BCUT2D eigenvalue weighted by Gasteiger charge is -2.26. The number of benzene rings is 2. The molecule has 2 aromatic carbocycles. The Morgan fingerprint density at radius 1 is 0.969 bits per heavy atom. The van der Waals surface area contributed by atoms with E-state index in [9.17, 15) is 18.9 Å². The number of hydrogen-bond acceptors (Lipinski definition) is 6. The van der Waals surface area contributed by atoms with Crippen LogP contribution in [0.15, 0.2) is 54.6 Å². The van der Waals surface area contributed by atoms with E-state index in [1.165, 1.54) is 7.11 Å². The van der Waals surface area contributed by atoms with Crippen LogP contribution in [-0.2, 0) is 25.2 Å². The van der Waals surface area contributed by atoms with Gasteiger partial charge >= 0.3 is 5.97 Å². The normalized spacial score (nSPS) is 16.1. The molecular formula is C24H28NO6P. The van der Waals surface area contributed by atoms with E-state index in [0.717, 1.165) is 10.5 Å². The van der Waals surface area contributed by atoms with E-state index in [1.807, 2.05) is 44.2 Å². The predicted molar refractivity (Wildman–Crippen MR) is 120 cm³/mol. The first-order valence-corrected chi connectivity index (χ1v) is 12.5. The number of esters is 1. The number of nitrogens with zero attached hydrogens (tertiary/aromatic N) is 1. The van der Waals surface area contributed by atoms with Gasteiger partial charge in [0.2, 0.25) is 7.37 Å². The Bertz CT molecular complexity index is 1000. The number of rotatable bonds is 10. The molecule has 0 aliphatic carbocycles. The molecule has 7 nitrogen and oxygen atoms in total. The molecule has 0 saturated heterocycles. The lowest BCUT2D eigenvalue weighted by molar-refractivity contribution is -0.149. The van der Waals surface area contributed by atoms with Gasteiger partial charge in [0.05, 0.1) is 17.0 Å². The summed E-state index contributed by atoms with van der Waals surface area (Å²) in [5.41, 5.74) is 1.41. The second-order valence-electron chi connectivity index (χ2n) is 8.32. The van der Waals surface area contributed by atoms with Gasteiger partial charge in [-0.05, 0) is 30.0 Å². The van der Waals surface area contributed by atoms with Gasteiger partial charge in [0.1, 0.15) is 12.9 Å².